The lowest BCUT2D eigenvalue weighted by atomic mass is 10.1. The quantitative estimate of drug-likeness (QED) is 0.513. The van der Waals surface area contributed by atoms with E-state index in [1.807, 2.05) is 37.3 Å². The van der Waals surface area contributed by atoms with Crippen LogP contribution >= 0.6 is 0 Å². The van der Waals surface area contributed by atoms with Crippen molar-refractivity contribution in [3.8, 4) is 0 Å². The predicted octanol–water partition coefficient (Wildman–Crippen LogP) is 3.17. The molecule has 0 aromatic heterocycles. The van der Waals surface area contributed by atoms with Gasteiger partial charge in [-0.2, -0.15) is 12.7 Å². The smallest absolute Gasteiger partial charge is 0.304 e. The van der Waals surface area contributed by atoms with Crippen LogP contribution in [0.5, 0.6) is 0 Å². The van der Waals surface area contributed by atoms with E-state index in [2.05, 4.69) is 5.32 Å². The normalized spacial score (nSPS) is 15.1. The Morgan fingerprint density at radius 2 is 1.54 bits per heavy atom. The summed E-state index contributed by atoms with van der Waals surface area (Å²) in [6, 6.07) is 17.4. The van der Waals surface area contributed by atoms with Crippen LogP contribution in [-0.4, -0.2) is 62.2 Å². The molecule has 0 spiro atoms. The zero-order valence-corrected chi connectivity index (χ0v) is 21.6. The standard InChI is InChI=1S/C26H36N4O4S/c1-4-24(26(32)27-22-15-11-12-16-22)29(19-21-13-7-5-8-14-21)25(31)20-30(35(33,34)28(2)3)23-17-9-6-10-18-23/h5-10,13-14,17-18,22,24H,4,11-12,15-16,19-20H2,1-3H3,(H,27,32)/t24-/m0/s1. The molecule has 0 heterocycles. The highest BCUT2D eigenvalue weighted by atomic mass is 32.2. The Labute approximate surface area is 209 Å². The lowest BCUT2D eigenvalue weighted by molar-refractivity contribution is -0.140. The summed E-state index contributed by atoms with van der Waals surface area (Å²) in [6.07, 6.45) is 4.48. The second kappa shape index (κ2) is 12.2. The molecule has 2 aromatic rings. The number of para-hydroxylation sites is 1. The van der Waals surface area contributed by atoms with Gasteiger partial charge in [0.25, 0.3) is 0 Å². The van der Waals surface area contributed by atoms with Gasteiger partial charge in [-0.25, -0.2) is 4.31 Å². The number of hydrogen-bond acceptors (Lipinski definition) is 4. The molecule has 9 heteroatoms. The van der Waals surface area contributed by atoms with Gasteiger partial charge in [0.1, 0.15) is 12.6 Å². The molecule has 1 N–H and O–H groups in total. The summed E-state index contributed by atoms with van der Waals surface area (Å²) < 4.78 is 28.5. The number of carbonyl (C=O) groups is 2. The molecule has 0 unspecified atom stereocenters. The summed E-state index contributed by atoms with van der Waals surface area (Å²) in [5.74, 6) is -0.623. The number of carbonyl (C=O) groups excluding carboxylic acids is 2. The van der Waals surface area contributed by atoms with Crippen molar-refractivity contribution in [2.75, 3.05) is 24.9 Å². The molecule has 35 heavy (non-hydrogen) atoms. The Morgan fingerprint density at radius 1 is 0.971 bits per heavy atom. The van der Waals surface area contributed by atoms with Crippen LogP contribution in [0, 0.1) is 0 Å². The zero-order valence-electron chi connectivity index (χ0n) is 20.8. The fraction of sp³-hybridized carbons (Fsp3) is 0.462. The SMILES string of the molecule is CC[C@@H](C(=O)NC1CCCC1)N(Cc1ccccc1)C(=O)CN(c1ccccc1)S(=O)(=O)N(C)C. The second-order valence-electron chi connectivity index (χ2n) is 9.05. The minimum Gasteiger partial charge on any atom is -0.352 e. The van der Waals surface area contributed by atoms with Crippen molar-refractivity contribution in [3.63, 3.8) is 0 Å². The van der Waals surface area contributed by atoms with Crippen molar-refractivity contribution in [1.29, 1.82) is 0 Å². The lowest BCUT2D eigenvalue weighted by Crippen LogP contribution is -2.54. The average Bonchev–Trinajstić information content (AvgIpc) is 3.36. The molecule has 2 aromatic carbocycles. The largest absolute Gasteiger partial charge is 0.352 e. The van der Waals surface area contributed by atoms with E-state index in [0.29, 0.717) is 12.1 Å². The first-order valence-electron chi connectivity index (χ1n) is 12.1. The molecule has 1 aliphatic rings. The van der Waals surface area contributed by atoms with Crippen molar-refractivity contribution >= 4 is 27.7 Å². The van der Waals surface area contributed by atoms with Crippen molar-refractivity contribution < 1.29 is 18.0 Å². The minimum atomic E-state index is -3.95. The highest BCUT2D eigenvalue weighted by Gasteiger charge is 2.34. The number of amides is 2. The third-order valence-electron chi connectivity index (χ3n) is 6.35. The molecule has 0 bridgehead atoms. The number of anilines is 1. The molecule has 0 radical (unpaired) electrons. The zero-order chi connectivity index (χ0) is 25.4. The van der Waals surface area contributed by atoms with Crippen LogP contribution in [0.4, 0.5) is 5.69 Å². The number of benzene rings is 2. The summed E-state index contributed by atoms with van der Waals surface area (Å²) in [5, 5.41) is 3.11. The predicted molar refractivity (Wildman–Crippen MR) is 138 cm³/mol. The summed E-state index contributed by atoms with van der Waals surface area (Å²) in [5.41, 5.74) is 1.26. The maximum Gasteiger partial charge on any atom is 0.304 e. The van der Waals surface area contributed by atoms with Gasteiger partial charge in [-0.3, -0.25) is 9.59 Å². The van der Waals surface area contributed by atoms with Crippen molar-refractivity contribution in [3.05, 3.63) is 66.2 Å². The molecule has 0 saturated heterocycles. The van der Waals surface area contributed by atoms with Crippen molar-refractivity contribution in [2.45, 2.75) is 57.7 Å². The average molecular weight is 501 g/mol. The van der Waals surface area contributed by atoms with Crippen LogP contribution in [0.1, 0.15) is 44.6 Å². The summed E-state index contributed by atoms with van der Waals surface area (Å²) in [6.45, 7) is 1.67. The molecule has 190 valence electrons. The molecule has 1 fully saturated rings. The molecule has 3 rings (SSSR count). The van der Waals surface area contributed by atoms with E-state index in [9.17, 15) is 18.0 Å². The van der Waals surface area contributed by atoms with E-state index in [1.165, 1.54) is 19.0 Å². The number of rotatable bonds is 11. The minimum absolute atomic E-state index is 0.125. The summed E-state index contributed by atoms with van der Waals surface area (Å²) in [7, 11) is -1.08. The van der Waals surface area contributed by atoms with Gasteiger partial charge in [0, 0.05) is 26.7 Å². The van der Waals surface area contributed by atoms with E-state index < -0.39 is 28.7 Å². The highest BCUT2D eigenvalue weighted by molar-refractivity contribution is 7.90. The lowest BCUT2D eigenvalue weighted by Gasteiger charge is -2.34. The van der Waals surface area contributed by atoms with Crippen molar-refractivity contribution in [2.24, 2.45) is 0 Å². The fourth-order valence-electron chi connectivity index (χ4n) is 4.38. The Bertz CT molecular complexity index is 1070. The van der Waals surface area contributed by atoms with Gasteiger partial charge in [-0.15, -0.1) is 0 Å². The van der Waals surface area contributed by atoms with Crippen molar-refractivity contribution in [1.82, 2.24) is 14.5 Å². The van der Waals surface area contributed by atoms with E-state index in [1.54, 1.807) is 30.3 Å². The van der Waals surface area contributed by atoms with E-state index in [0.717, 1.165) is 39.9 Å². The van der Waals surface area contributed by atoms with Crippen LogP contribution < -0.4 is 9.62 Å². The van der Waals surface area contributed by atoms with Crippen LogP contribution in [0.25, 0.3) is 0 Å². The molecule has 1 atom stereocenters. The van der Waals surface area contributed by atoms with E-state index in [4.69, 9.17) is 0 Å². The molecular weight excluding hydrogens is 464 g/mol. The van der Waals surface area contributed by atoms with Gasteiger partial charge in [-0.1, -0.05) is 68.3 Å². The first-order valence-corrected chi connectivity index (χ1v) is 13.5. The van der Waals surface area contributed by atoms with Gasteiger partial charge in [0.2, 0.25) is 11.8 Å². The molecule has 0 aliphatic heterocycles. The van der Waals surface area contributed by atoms with E-state index >= 15 is 0 Å². The van der Waals surface area contributed by atoms with Gasteiger partial charge >= 0.3 is 10.2 Å². The van der Waals surface area contributed by atoms with Crippen LogP contribution in [0.3, 0.4) is 0 Å². The van der Waals surface area contributed by atoms with E-state index in [-0.39, 0.29) is 18.5 Å². The summed E-state index contributed by atoms with van der Waals surface area (Å²) in [4.78, 5) is 28.6. The number of nitrogens with zero attached hydrogens (tertiary/aromatic N) is 3. The molecule has 1 aliphatic carbocycles. The maximum atomic E-state index is 13.8. The Balaban J connectivity index is 1.92. The van der Waals surface area contributed by atoms with Gasteiger partial charge < -0.3 is 10.2 Å². The van der Waals surface area contributed by atoms with Gasteiger partial charge in [-0.05, 0) is 37.0 Å². The van der Waals surface area contributed by atoms with Crippen LogP contribution in [0.15, 0.2) is 60.7 Å². The number of nitrogens with one attached hydrogen (secondary N) is 1. The fourth-order valence-corrected chi connectivity index (χ4v) is 5.43. The van der Waals surface area contributed by atoms with Crippen LogP contribution in [-0.2, 0) is 26.3 Å². The third-order valence-corrected chi connectivity index (χ3v) is 8.17. The summed E-state index contributed by atoms with van der Waals surface area (Å²) >= 11 is 0. The Hall–Kier alpha value is -2.91. The first kappa shape index (κ1) is 26.7. The molecule has 8 nitrogen and oxygen atoms in total. The van der Waals surface area contributed by atoms with Gasteiger partial charge in [0.15, 0.2) is 0 Å². The topological polar surface area (TPSA) is 90.0 Å². The first-order chi connectivity index (χ1) is 16.7. The number of hydrogen-bond donors (Lipinski definition) is 1. The third kappa shape index (κ3) is 6.82. The molecular formula is C26H36N4O4S. The Kier molecular flexibility index (Phi) is 9.28. The monoisotopic (exact) mass is 500 g/mol. The second-order valence-corrected chi connectivity index (χ2v) is 11.1. The molecule has 2 amide bonds. The Morgan fingerprint density at radius 3 is 2.09 bits per heavy atom. The molecule has 1 saturated carbocycles. The van der Waals surface area contributed by atoms with Crippen LogP contribution in [0.2, 0.25) is 0 Å². The van der Waals surface area contributed by atoms with Gasteiger partial charge in [0.05, 0.1) is 5.69 Å². The highest BCUT2D eigenvalue weighted by Crippen LogP contribution is 2.22. The maximum absolute atomic E-state index is 13.8.